The highest BCUT2D eigenvalue weighted by Gasteiger charge is 2.24. The molecule has 1 atom stereocenters. The van der Waals surface area contributed by atoms with Gasteiger partial charge in [-0.25, -0.2) is 0 Å². The maximum absolute atomic E-state index is 12.0. The normalized spacial score (nSPS) is 17.9. The van der Waals surface area contributed by atoms with Crippen LogP contribution in [-0.4, -0.2) is 27.7 Å². The Balaban J connectivity index is 1.71. The van der Waals surface area contributed by atoms with Crippen LogP contribution >= 0.6 is 0 Å². The Morgan fingerprint density at radius 3 is 3.10 bits per heavy atom. The molecule has 1 amide bonds. The number of anilines is 1. The lowest BCUT2D eigenvalue weighted by atomic mass is 10.2. The molecular formula is C14H16N4O3. The number of nitrogens with zero attached hydrogens (tertiary/aromatic N) is 2. The summed E-state index contributed by atoms with van der Waals surface area (Å²) in [5.41, 5.74) is 1.22. The third-order valence-corrected chi connectivity index (χ3v) is 3.47. The number of nitrogens with one attached hydrogen (secondary N) is 2. The average molecular weight is 288 g/mol. The van der Waals surface area contributed by atoms with E-state index in [1.807, 2.05) is 0 Å². The fraction of sp³-hybridized carbons (Fsp3) is 0.357. The first-order valence-electron chi connectivity index (χ1n) is 6.81. The van der Waals surface area contributed by atoms with Crippen molar-refractivity contribution in [1.29, 1.82) is 0 Å². The first kappa shape index (κ1) is 13.6. The number of phenolic OH excluding ortho intramolecular Hbond substituents is 1. The van der Waals surface area contributed by atoms with Crippen molar-refractivity contribution in [2.24, 2.45) is 0 Å². The van der Waals surface area contributed by atoms with E-state index in [2.05, 4.69) is 20.8 Å². The highest BCUT2D eigenvalue weighted by atomic mass is 16.5. The Hall–Kier alpha value is -2.41. The van der Waals surface area contributed by atoms with Gasteiger partial charge in [0.05, 0.1) is 6.04 Å². The standard InChI is InChI=1S/C14H16N4O3/c1-8-4-5-9(7-11(8)19)16-13(20)12-17-14(21-18-12)10-3-2-6-15-10/h4-5,7,10,15,19H,2-3,6H2,1H3,(H,16,20). The van der Waals surface area contributed by atoms with E-state index < -0.39 is 5.91 Å². The number of hydrogen-bond donors (Lipinski definition) is 3. The molecule has 3 rings (SSSR count). The van der Waals surface area contributed by atoms with Crippen molar-refractivity contribution < 1.29 is 14.4 Å². The summed E-state index contributed by atoms with van der Waals surface area (Å²) in [4.78, 5) is 16.2. The van der Waals surface area contributed by atoms with Crippen LogP contribution in [0.15, 0.2) is 22.7 Å². The summed E-state index contributed by atoms with van der Waals surface area (Å²) in [6.07, 6.45) is 1.98. The molecule has 0 radical (unpaired) electrons. The molecule has 1 saturated heterocycles. The van der Waals surface area contributed by atoms with Gasteiger partial charge >= 0.3 is 0 Å². The van der Waals surface area contributed by atoms with Gasteiger partial charge in [-0.1, -0.05) is 11.2 Å². The molecule has 0 aliphatic carbocycles. The molecule has 0 spiro atoms. The number of phenols is 1. The van der Waals surface area contributed by atoms with Crippen molar-refractivity contribution in [1.82, 2.24) is 15.5 Å². The molecule has 110 valence electrons. The molecule has 1 fully saturated rings. The summed E-state index contributed by atoms with van der Waals surface area (Å²) in [5, 5.41) is 19.2. The van der Waals surface area contributed by atoms with Crippen LogP contribution in [0, 0.1) is 6.92 Å². The molecule has 1 aromatic carbocycles. The summed E-state index contributed by atoms with van der Waals surface area (Å²) in [6.45, 7) is 2.69. The Bertz CT molecular complexity index is 662. The molecule has 2 heterocycles. The van der Waals surface area contributed by atoms with Crippen LogP contribution in [0.4, 0.5) is 5.69 Å². The van der Waals surface area contributed by atoms with Crippen LogP contribution in [-0.2, 0) is 0 Å². The van der Waals surface area contributed by atoms with Crippen molar-refractivity contribution in [3.05, 3.63) is 35.5 Å². The van der Waals surface area contributed by atoms with E-state index in [9.17, 15) is 9.90 Å². The van der Waals surface area contributed by atoms with Gasteiger partial charge in [0.1, 0.15) is 5.75 Å². The van der Waals surface area contributed by atoms with E-state index in [-0.39, 0.29) is 17.6 Å². The second-order valence-corrected chi connectivity index (χ2v) is 5.06. The molecule has 1 aliphatic heterocycles. The predicted octanol–water partition coefficient (Wildman–Crippen LogP) is 1.76. The minimum Gasteiger partial charge on any atom is -0.508 e. The number of benzene rings is 1. The maximum Gasteiger partial charge on any atom is 0.297 e. The number of amides is 1. The minimum atomic E-state index is -0.466. The van der Waals surface area contributed by atoms with Crippen LogP contribution < -0.4 is 10.6 Å². The molecular weight excluding hydrogens is 272 g/mol. The quantitative estimate of drug-likeness (QED) is 0.795. The molecule has 2 aromatic rings. The number of aromatic nitrogens is 2. The highest BCUT2D eigenvalue weighted by molar-refractivity contribution is 6.01. The lowest BCUT2D eigenvalue weighted by Crippen LogP contribution is -2.15. The second kappa shape index (κ2) is 5.53. The Morgan fingerprint density at radius 1 is 1.52 bits per heavy atom. The van der Waals surface area contributed by atoms with Crippen molar-refractivity contribution in [2.75, 3.05) is 11.9 Å². The SMILES string of the molecule is Cc1ccc(NC(=O)c2noc(C3CCCN3)n2)cc1O. The summed E-state index contributed by atoms with van der Waals surface area (Å²) in [5.74, 6) is 0.0752. The molecule has 0 bridgehead atoms. The van der Waals surface area contributed by atoms with Gasteiger partial charge in [-0.3, -0.25) is 4.79 Å². The number of rotatable bonds is 3. The minimum absolute atomic E-state index is 0.0150. The molecule has 7 heteroatoms. The topological polar surface area (TPSA) is 100 Å². The van der Waals surface area contributed by atoms with E-state index in [0.29, 0.717) is 11.6 Å². The summed E-state index contributed by atoms with van der Waals surface area (Å²) >= 11 is 0. The van der Waals surface area contributed by atoms with Gasteiger partial charge < -0.3 is 20.3 Å². The van der Waals surface area contributed by atoms with Crippen LogP contribution in [0.1, 0.15) is 41.0 Å². The van der Waals surface area contributed by atoms with E-state index in [1.54, 1.807) is 19.1 Å². The molecule has 3 N–H and O–H groups in total. The van der Waals surface area contributed by atoms with Crippen LogP contribution in [0.3, 0.4) is 0 Å². The van der Waals surface area contributed by atoms with Crippen LogP contribution in [0.25, 0.3) is 0 Å². The summed E-state index contributed by atoms with van der Waals surface area (Å²) in [7, 11) is 0. The van der Waals surface area contributed by atoms with Gasteiger partial charge in [-0.2, -0.15) is 4.98 Å². The van der Waals surface area contributed by atoms with Crippen molar-refractivity contribution in [3.63, 3.8) is 0 Å². The number of carbonyl (C=O) groups excluding carboxylic acids is 1. The van der Waals surface area contributed by atoms with Gasteiger partial charge in [0, 0.05) is 11.8 Å². The van der Waals surface area contributed by atoms with Gasteiger partial charge in [0.15, 0.2) is 0 Å². The van der Waals surface area contributed by atoms with Crippen molar-refractivity contribution in [2.45, 2.75) is 25.8 Å². The van der Waals surface area contributed by atoms with Gasteiger partial charge in [0.2, 0.25) is 5.89 Å². The second-order valence-electron chi connectivity index (χ2n) is 5.06. The summed E-state index contributed by atoms with van der Waals surface area (Å²) < 4.78 is 5.12. The number of aryl methyl sites for hydroxylation is 1. The largest absolute Gasteiger partial charge is 0.508 e. The monoisotopic (exact) mass is 288 g/mol. The number of aromatic hydroxyl groups is 1. The summed E-state index contributed by atoms with van der Waals surface area (Å²) in [6, 6.07) is 4.93. The Morgan fingerprint density at radius 2 is 2.38 bits per heavy atom. The lowest BCUT2D eigenvalue weighted by Gasteiger charge is -2.04. The van der Waals surface area contributed by atoms with Gasteiger partial charge in [-0.05, 0) is 37.9 Å². The fourth-order valence-electron chi connectivity index (χ4n) is 2.24. The smallest absolute Gasteiger partial charge is 0.297 e. The molecule has 7 nitrogen and oxygen atoms in total. The Labute approximate surface area is 121 Å². The maximum atomic E-state index is 12.0. The Kier molecular flexibility index (Phi) is 3.57. The zero-order valence-electron chi connectivity index (χ0n) is 11.6. The fourth-order valence-corrected chi connectivity index (χ4v) is 2.24. The van der Waals surface area contributed by atoms with E-state index in [0.717, 1.165) is 24.9 Å². The zero-order chi connectivity index (χ0) is 14.8. The third-order valence-electron chi connectivity index (χ3n) is 3.47. The van der Waals surface area contributed by atoms with E-state index >= 15 is 0 Å². The van der Waals surface area contributed by atoms with Crippen molar-refractivity contribution in [3.8, 4) is 5.75 Å². The molecule has 1 aliphatic rings. The lowest BCUT2D eigenvalue weighted by molar-refractivity contribution is 0.101. The first-order chi connectivity index (χ1) is 10.1. The number of hydrogen-bond acceptors (Lipinski definition) is 6. The van der Waals surface area contributed by atoms with Crippen LogP contribution in [0.2, 0.25) is 0 Å². The first-order valence-corrected chi connectivity index (χ1v) is 6.81. The predicted molar refractivity (Wildman–Crippen MR) is 75.1 cm³/mol. The molecule has 0 saturated carbocycles. The molecule has 1 aromatic heterocycles. The van der Waals surface area contributed by atoms with Crippen LogP contribution in [0.5, 0.6) is 5.75 Å². The average Bonchev–Trinajstić information content (AvgIpc) is 3.12. The van der Waals surface area contributed by atoms with E-state index in [1.165, 1.54) is 6.07 Å². The molecule has 1 unspecified atom stereocenters. The van der Waals surface area contributed by atoms with Crippen molar-refractivity contribution >= 4 is 11.6 Å². The van der Waals surface area contributed by atoms with Gasteiger partial charge in [0.25, 0.3) is 11.7 Å². The van der Waals surface area contributed by atoms with Gasteiger partial charge in [-0.15, -0.1) is 0 Å². The highest BCUT2D eigenvalue weighted by Crippen LogP contribution is 2.23. The number of carbonyl (C=O) groups is 1. The molecule has 21 heavy (non-hydrogen) atoms. The zero-order valence-corrected chi connectivity index (χ0v) is 11.6. The van der Waals surface area contributed by atoms with E-state index in [4.69, 9.17) is 4.52 Å². The third kappa shape index (κ3) is 2.87.